The summed E-state index contributed by atoms with van der Waals surface area (Å²) in [6.07, 6.45) is 8.80. The molecule has 4 aromatic rings. The second-order valence-electron chi connectivity index (χ2n) is 8.92. The van der Waals surface area contributed by atoms with Crippen molar-refractivity contribution in [2.24, 2.45) is 0 Å². The molecule has 0 unspecified atom stereocenters. The Balaban J connectivity index is 1.54. The Labute approximate surface area is 213 Å². The van der Waals surface area contributed by atoms with E-state index in [9.17, 15) is 9.90 Å². The van der Waals surface area contributed by atoms with Gasteiger partial charge < -0.3 is 20.1 Å². The lowest BCUT2D eigenvalue weighted by atomic mass is 10.0. The molecule has 2 aromatic carbocycles. The van der Waals surface area contributed by atoms with E-state index >= 15 is 0 Å². The predicted molar refractivity (Wildman–Crippen MR) is 140 cm³/mol. The largest absolute Gasteiger partial charge is 0.505 e. The number of anilines is 2. The van der Waals surface area contributed by atoms with E-state index in [0.717, 1.165) is 71.2 Å². The van der Waals surface area contributed by atoms with E-state index in [1.54, 1.807) is 18.3 Å². The number of fused-ring (bicyclic) bond motifs is 1. The highest BCUT2D eigenvalue weighted by Gasteiger charge is 2.19. The molecule has 5 rings (SSSR count). The van der Waals surface area contributed by atoms with Crippen molar-refractivity contribution in [3.8, 4) is 16.9 Å². The molecule has 2 aromatic heterocycles. The second-order valence-corrected chi connectivity index (χ2v) is 9.73. The van der Waals surface area contributed by atoms with Crippen molar-refractivity contribution in [3.05, 3.63) is 64.5 Å². The first kappa shape index (κ1) is 23.6. The van der Waals surface area contributed by atoms with Gasteiger partial charge >= 0.3 is 0 Å². The number of rotatable bonds is 6. The van der Waals surface area contributed by atoms with Gasteiger partial charge in [-0.15, -0.1) is 0 Å². The lowest BCUT2D eigenvalue weighted by molar-refractivity contribution is -0.107. The minimum atomic E-state index is -0.142. The van der Waals surface area contributed by atoms with Gasteiger partial charge in [0.1, 0.15) is 6.29 Å². The summed E-state index contributed by atoms with van der Waals surface area (Å²) < 4.78 is 2.03. The Hall–Kier alpha value is -3.13. The molecule has 1 aliphatic rings. The van der Waals surface area contributed by atoms with Gasteiger partial charge in [0.25, 0.3) is 0 Å². The number of aromatic hydroxyl groups is 1. The molecule has 3 heterocycles. The topological polar surface area (TPSA) is 83.3 Å². The van der Waals surface area contributed by atoms with Crippen LogP contribution < -0.4 is 5.32 Å². The van der Waals surface area contributed by atoms with Gasteiger partial charge in [-0.25, -0.2) is 0 Å². The Morgan fingerprint density at radius 1 is 1.11 bits per heavy atom. The van der Waals surface area contributed by atoms with Crippen molar-refractivity contribution in [1.29, 1.82) is 0 Å². The van der Waals surface area contributed by atoms with Gasteiger partial charge in [-0.1, -0.05) is 29.3 Å². The number of aromatic nitrogens is 3. The van der Waals surface area contributed by atoms with Crippen LogP contribution in [0.3, 0.4) is 0 Å². The molecule has 1 fully saturated rings. The van der Waals surface area contributed by atoms with Gasteiger partial charge in [0.05, 0.1) is 39.2 Å². The molecule has 7 nitrogen and oxygen atoms in total. The number of likely N-dealkylation sites (tertiary alicyclic amines) is 1. The number of nitrogens with one attached hydrogen (secondary N) is 1. The smallest absolute Gasteiger partial charge is 0.152 e. The van der Waals surface area contributed by atoms with Crippen LogP contribution in [0.2, 0.25) is 10.0 Å². The van der Waals surface area contributed by atoms with Gasteiger partial charge in [-0.05, 0) is 68.4 Å². The average molecular weight is 510 g/mol. The third-order valence-electron chi connectivity index (χ3n) is 6.53. The summed E-state index contributed by atoms with van der Waals surface area (Å²) >= 11 is 12.3. The Bertz CT molecular complexity index is 1370. The number of pyridine rings is 1. The third-order valence-corrected chi connectivity index (χ3v) is 7.11. The minimum Gasteiger partial charge on any atom is -0.505 e. The van der Waals surface area contributed by atoms with E-state index in [1.807, 2.05) is 35.3 Å². The molecule has 2 N–H and O–H groups in total. The zero-order valence-electron chi connectivity index (χ0n) is 19.2. The van der Waals surface area contributed by atoms with Gasteiger partial charge in [-0.2, -0.15) is 5.10 Å². The molecule has 0 amide bonds. The van der Waals surface area contributed by atoms with E-state index in [-0.39, 0.29) is 22.2 Å². The molecule has 9 heteroatoms. The molecule has 0 atom stereocenters. The summed E-state index contributed by atoms with van der Waals surface area (Å²) in [5.41, 5.74) is 4.86. The number of benzene rings is 2. The molecule has 180 valence electrons. The lowest BCUT2D eigenvalue weighted by Crippen LogP contribution is -2.31. The van der Waals surface area contributed by atoms with Gasteiger partial charge in [0.15, 0.2) is 5.75 Å². The summed E-state index contributed by atoms with van der Waals surface area (Å²) in [4.78, 5) is 18.3. The van der Waals surface area contributed by atoms with Crippen LogP contribution in [-0.2, 0) is 11.2 Å². The predicted octanol–water partition coefficient (Wildman–Crippen LogP) is 5.86. The van der Waals surface area contributed by atoms with E-state index < -0.39 is 0 Å². The number of piperidine rings is 1. The van der Waals surface area contributed by atoms with Crippen LogP contribution in [0.25, 0.3) is 22.0 Å². The monoisotopic (exact) mass is 509 g/mol. The number of hydrogen-bond acceptors (Lipinski definition) is 6. The maximum Gasteiger partial charge on any atom is 0.152 e. The molecule has 0 aliphatic carbocycles. The number of carbonyl (C=O) groups is 1. The van der Waals surface area contributed by atoms with Crippen LogP contribution in [0.4, 0.5) is 11.4 Å². The number of carbonyl (C=O) groups excluding carboxylic acids is 1. The Morgan fingerprint density at radius 3 is 2.57 bits per heavy atom. The number of halogens is 2. The lowest BCUT2D eigenvalue weighted by Gasteiger charge is -2.28. The summed E-state index contributed by atoms with van der Waals surface area (Å²) in [5.74, 6) is -0.142. The fourth-order valence-corrected chi connectivity index (χ4v) is 5.03. The quantitative estimate of drug-likeness (QED) is 0.316. The summed E-state index contributed by atoms with van der Waals surface area (Å²) in [6.45, 7) is 2.11. The number of nitrogens with zero attached hydrogens (tertiary/aromatic N) is 4. The molecule has 0 spiro atoms. The van der Waals surface area contributed by atoms with E-state index in [0.29, 0.717) is 6.04 Å². The first-order valence-corrected chi connectivity index (χ1v) is 12.2. The van der Waals surface area contributed by atoms with Crippen molar-refractivity contribution in [1.82, 2.24) is 19.7 Å². The number of phenols is 1. The Morgan fingerprint density at radius 2 is 1.86 bits per heavy atom. The standard InChI is InChI=1S/C26H25Cl2N5O2/c1-32-7-4-20(5-8-32)33-15-19(14-30-33)31-25-17(6-9-34)13-29-24-3-2-16(10-21(24)25)18-11-22(27)26(35)23(28)12-18/h2-3,9-15,20,35H,4-8H2,1H3,(H,29,31). The number of hydrogen-bond donors (Lipinski definition) is 2. The zero-order valence-corrected chi connectivity index (χ0v) is 20.7. The minimum absolute atomic E-state index is 0.142. The molecule has 0 bridgehead atoms. The van der Waals surface area contributed by atoms with Crippen LogP contribution >= 0.6 is 23.2 Å². The fourth-order valence-electron chi connectivity index (χ4n) is 4.54. The van der Waals surface area contributed by atoms with Crippen molar-refractivity contribution in [2.75, 3.05) is 25.5 Å². The maximum atomic E-state index is 11.4. The molecule has 1 saturated heterocycles. The summed E-state index contributed by atoms with van der Waals surface area (Å²) in [6, 6.07) is 9.55. The number of phenolic OH excluding ortho intramolecular Hbond substituents is 1. The van der Waals surface area contributed by atoms with Crippen LogP contribution in [0.5, 0.6) is 5.75 Å². The molecular weight excluding hydrogens is 485 g/mol. The summed E-state index contributed by atoms with van der Waals surface area (Å²) in [7, 11) is 2.14. The molecule has 0 radical (unpaired) electrons. The molecular formula is C26H25Cl2N5O2. The molecule has 0 saturated carbocycles. The van der Waals surface area contributed by atoms with Gasteiger partial charge in [0, 0.05) is 29.8 Å². The Kier molecular flexibility index (Phi) is 6.65. The first-order valence-electron chi connectivity index (χ1n) is 11.5. The highest BCUT2D eigenvalue weighted by molar-refractivity contribution is 6.37. The molecule has 35 heavy (non-hydrogen) atoms. The van der Waals surface area contributed by atoms with Crippen LogP contribution in [0.1, 0.15) is 24.4 Å². The van der Waals surface area contributed by atoms with Crippen LogP contribution in [-0.4, -0.2) is 51.2 Å². The van der Waals surface area contributed by atoms with Crippen LogP contribution in [0, 0.1) is 0 Å². The zero-order chi connectivity index (χ0) is 24.5. The van der Waals surface area contributed by atoms with Crippen LogP contribution in [0.15, 0.2) is 48.9 Å². The molecule has 1 aliphatic heterocycles. The van der Waals surface area contributed by atoms with Gasteiger partial charge in [-0.3, -0.25) is 9.67 Å². The normalized spacial score (nSPS) is 14.9. The highest BCUT2D eigenvalue weighted by Crippen LogP contribution is 2.38. The van der Waals surface area contributed by atoms with E-state index in [4.69, 9.17) is 23.2 Å². The SMILES string of the molecule is CN1CCC(n2cc(Nc3c(CC=O)cnc4ccc(-c5cc(Cl)c(O)c(Cl)c5)cc34)cn2)CC1. The van der Waals surface area contributed by atoms with Crippen molar-refractivity contribution >= 4 is 51.8 Å². The fraction of sp³-hybridized carbons (Fsp3) is 0.269. The van der Waals surface area contributed by atoms with Crippen molar-refractivity contribution in [2.45, 2.75) is 25.3 Å². The average Bonchev–Trinajstić information content (AvgIpc) is 3.32. The number of aldehydes is 1. The highest BCUT2D eigenvalue weighted by atomic mass is 35.5. The third kappa shape index (κ3) is 4.85. The van der Waals surface area contributed by atoms with Crippen molar-refractivity contribution in [3.63, 3.8) is 0 Å². The summed E-state index contributed by atoms with van der Waals surface area (Å²) in [5, 5.41) is 19.3. The van der Waals surface area contributed by atoms with E-state index in [2.05, 4.69) is 27.3 Å². The van der Waals surface area contributed by atoms with Gasteiger partial charge in [0.2, 0.25) is 0 Å². The second kappa shape index (κ2) is 9.85. The first-order chi connectivity index (χ1) is 16.9. The maximum absolute atomic E-state index is 11.4. The van der Waals surface area contributed by atoms with E-state index in [1.165, 1.54) is 0 Å². The van der Waals surface area contributed by atoms with Crippen molar-refractivity contribution < 1.29 is 9.90 Å².